The lowest BCUT2D eigenvalue weighted by Crippen LogP contribution is -2.47. The molecule has 1 N–H and O–H groups in total. The molecule has 3 heteroatoms. The summed E-state index contributed by atoms with van der Waals surface area (Å²) in [7, 11) is 0. The third-order valence-corrected chi connectivity index (χ3v) is 5.55. The number of nitrogens with zero attached hydrogens (tertiary/aromatic N) is 1. The van der Waals surface area contributed by atoms with Gasteiger partial charge in [-0.2, -0.15) is 0 Å². The van der Waals surface area contributed by atoms with E-state index in [0.717, 1.165) is 31.7 Å². The summed E-state index contributed by atoms with van der Waals surface area (Å²) in [5.41, 5.74) is 0.541. The Morgan fingerprint density at radius 1 is 1.10 bits per heavy atom. The van der Waals surface area contributed by atoms with Crippen LogP contribution >= 0.6 is 0 Å². The Bertz CT molecular complexity index is 287. The van der Waals surface area contributed by atoms with E-state index in [1.54, 1.807) is 0 Å². The van der Waals surface area contributed by atoms with Crippen molar-refractivity contribution in [1.29, 1.82) is 0 Å². The predicted molar refractivity (Wildman–Crippen MR) is 83.0 cm³/mol. The standard InChI is InChI=1S/C17H32N2O/c1-15-5-7-17(8-6-15,13-18-16-3-4-16)14-19-9-2-11-20-12-10-19/h15-16,18H,2-14H2,1H3. The van der Waals surface area contributed by atoms with Crippen molar-refractivity contribution in [2.45, 2.75) is 57.9 Å². The van der Waals surface area contributed by atoms with E-state index in [1.165, 1.54) is 64.6 Å². The van der Waals surface area contributed by atoms with Crippen molar-refractivity contribution in [2.24, 2.45) is 11.3 Å². The van der Waals surface area contributed by atoms with E-state index in [4.69, 9.17) is 4.74 Å². The van der Waals surface area contributed by atoms with Gasteiger partial charge >= 0.3 is 0 Å². The highest BCUT2D eigenvalue weighted by Crippen LogP contribution is 2.40. The van der Waals surface area contributed by atoms with Crippen LogP contribution in [-0.2, 0) is 4.74 Å². The normalized spacial score (nSPS) is 36.8. The van der Waals surface area contributed by atoms with Crippen molar-refractivity contribution in [3.8, 4) is 0 Å². The van der Waals surface area contributed by atoms with Crippen LogP contribution < -0.4 is 5.32 Å². The average Bonchev–Trinajstić information content (AvgIpc) is 3.27. The second kappa shape index (κ2) is 6.76. The fraction of sp³-hybridized carbons (Fsp3) is 1.00. The summed E-state index contributed by atoms with van der Waals surface area (Å²) >= 11 is 0. The number of rotatable bonds is 5. The molecule has 0 unspecified atom stereocenters. The molecular formula is C17H32N2O. The summed E-state index contributed by atoms with van der Waals surface area (Å²) in [6.07, 6.45) is 9.72. The topological polar surface area (TPSA) is 24.5 Å². The van der Waals surface area contributed by atoms with Crippen LogP contribution in [0.1, 0.15) is 51.9 Å². The Balaban J connectivity index is 1.57. The van der Waals surface area contributed by atoms with Crippen LogP contribution in [0.2, 0.25) is 0 Å². The van der Waals surface area contributed by atoms with Gasteiger partial charge in [0.25, 0.3) is 0 Å². The molecule has 0 bridgehead atoms. The monoisotopic (exact) mass is 280 g/mol. The molecule has 0 aromatic carbocycles. The van der Waals surface area contributed by atoms with E-state index in [0.29, 0.717) is 5.41 Å². The molecule has 0 aromatic rings. The lowest BCUT2D eigenvalue weighted by atomic mass is 9.70. The number of hydrogen-bond acceptors (Lipinski definition) is 3. The van der Waals surface area contributed by atoms with Crippen LogP contribution in [0.3, 0.4) is 0 Å². The maximum absolute atomic E-state index is 5.61. The molecule has 0 radical (unpaired) electrons. The zero-order valence-electron chi connectivity index (χ0n) is 13.2. The Kier molecular flexibility index (Phi) is 5.00. The molecule has 0 spiro atoms. The third-order valence-electron chi connectivity index (χ3n) is 5.55. The van der Waals surface area contributed by atoms with Gasteiger partial charge < -0.3 is 15.0 Å². The van der Waals surface area contributed by atoms with E-state index in [-0.39, 0.29) is 0 Å². The van der Waals surface area contributed by atoms with E-state index < -0.39 is 0 Å². The van der Waals surface area contributed by atoms with Crippen LogP contribution in [0.25, 0.3) is 0 Å². The molecule has 3 fully saturated rings. The molecule has 1 heterocycles. The molecule has 0 atom stereocenters. The summed E-state index contributed by atoms with van der Waals surface area (Å²) in [4.78, 5) is 2.68. The van der Waals surface area contributed by atoms with Gasteiger partial charge in [-0.3, -0.25) is 0 Å². The number of hydrogen-bond donors (Lipinski definition) is 1. The largest absolute Gasteiger partial charge is 0.380 e. The highest BCUT2D eigenvalue weighted by molar-refractivity contribution is 4.92. The van der Waals surface area contributed by atoms with Gasteiger partial charge in [-0.05, 0) is 43.4 Å². The fourth-order valence-electron chi connectivity index (χ4n) is 3.84. The lowest BCUT2D eigenvalue weighted by Gasteiger charge is -2.43. The maximum atomic E-state index is 5.61. The Morgan fingerprint density at radius 2 is 1.90 bits per heavy atom. The van der Waals surface area contributed by atoms with Gasteiger partial charge in [-0.15, -0.1) is 0 Å². The minimum atomic E-state index is 0.541. The molecule has 1 saturated heterocycles. The van der Waals surface area contributed by atoms with E-state index >= 15 is 0 Å². The Morgan fingerprint density at radius 3 is 2.65 bits per heavy atom. The first kappa shape index (κ1) is 14.8. The zero-order valence-corrected chi connectivity index (χ0v) is 13.2. The Labute approximate surface area is 124 Å². The zero-order chi connectivity index (χ0) is 13.8. The third kappa shape index (κ3) is 4.19. The van der Waals surface area contributed by atoms with Gasteiger partial charge in [0, 0.05) is 38.8 Å². The fourth-order valence-corrected chi connectivity index (χ4v) is 3.84. The van der Waals surface area contributed by atoms with E-state index in [1.807, 2.05) is 0 Å². The summed E-state index contributed by atoms with van der Waals surface area (Å²) in [6.45, 7) is 9.24. The molecule has 2 saturated carbocycles. The highest BCUT2D eigenvalue weighted by Gasteiger charge is 2.37. The summed E-state index contributed by atoms with van der Waals surface area (Å²) < 4.78 is 5.61. The first-order chi connectivity index (χ1) is 9.76. The first-order valence-corrected chi connectivity index (χ1v) is 8.79. The molecule has 116 valence electrons. The predicted octanol–water partition coefficient (Wildman–Crippen LogP) is 2.66. The molecule has 0 amide bonds. The molecular weight excluding hydrogens is 248 g/mol. The number of ether oxygens (including phenoxy) is 1. The smallest absolute Gasteiger partial charge is 0.0593 e. The summed E-state index contributed by atoms with van der Waals surface area (Å²) in [5.74, 6) is 0.941. The minimum Gasteiger partial charge on any atom is -0.380 e. The van der Waals surface area contributed by atoms with Crippen LogP contribution in [0, 0.1) is 11.3 Å². The van der Waals surface area contributed by atoms with Crippen LogP contribution in [0.5, 0.6) is 0 Å². The second-order valence-electron chi connectivity index (χ2n) is 7.58. The highest BCUT2D eigenvalue weighted by atomic mass is 16.5. The van der Waals surface area contributed by atoms with Gasteiger partial charge in [-0.25, -0.2) is 0 Å². The van der Waals surface area contributed by atoms with Crippen molar-refractivity contribution >= 4 is 0 Å². The van der Waals surface area contributed by atoms with E-state index in [2.05, 4.69) is 17.1 Å². The molecule has 3 rings (SSSR count). The molecule has 3 aliphatic rings. The SMILES string of the molecule is CC1CCC(CNC2CC2)(CN2CCCOCC2)CC1. The van der Waals surface area contributed by atoms with Crippen molar-refractivity contribution in [3.05, 3.63) is 0 Å². The molecule has 0 aromatic heterocycles. The average molecular weight is 280 g/mol. The molecule has 2 aliphatic carbocycles. The van der Waals surface area contributed by atoms with Gasteiger partial charge in [-0.1, -0.05) is 19.8 Å². The number of nitrogens with one attached hydrogen (secondary N) is 1. The van der Waals surface area contributed by atoms with Gasteiger partial charge in [0.2, 0.25) is 0 Å². The van der Waals surface area contributed by atoms with Crippen molar-refractivity contribution in [1.82, 2.24) is 10.2 Å². The van der Waals surface area contributed by atoms with Crippen LogP contribution in [-0.4, -0.2) is 50.3 Å². The van der Waals surface area contributed by atoms with Gasteiger partial charge in [0.1, 0.15) is 0 Å². The van der Waals surface area contributed by atoms with Crippen molar-refractivity contribution < 1.29 is 4.74 Å². The van der Waals surface area contributed by atoms with Gasteiger partial charge in [0.05, 0.1) is 6.61 Å². The van der Waals surface area contributed by atoms with Crippen molar-refractivity contribution in [2.75, 3.05) is 39.4 Å². The van der Waals surface area contributed by atoms with Crippen LogP contribution in [0.15, 0.2) is 0 Å². The minimum absolute atomic E-state index is 0.541. The summed E-state index contributed by atoms with van der Waals surface area (Å²) in [5, 5.41) is 3.83. The van der Waals surface area contributed by atoms with Gasteiger partial charge in [0.15, 0.2) is 0 Å². The molecule has 3 nitrogen and oxygen atoms in total. The van der Waals surface area contributed by atoms with E-state index in [9.17, 15) is 0 Å². The molecule has 20 heavy (non-hydrogen) atoms. The lowest BCUT2D eigenvalue weighted by molar-refractivity contribution is 0.0808. The molecule has 1 aliphatic heterocycles. The first-order valence-electron chi connectivity index (χ1n) is 8.79. The Hall–Kier alpha value is -0.120. The van der Waals surface area contributed by atoms with Crippen LogP contribution in [0.4, 0.5) is 0 Å². The second-order valence-corrected chi connectivity index (χ2v) is 7.58. The van der Waals surface area contributed by atoms with Crippen molar-refractivity contribution in [3.63, 3.8) is 0 Å². The maximum Gasteiger partial charge on any atom is 0.0593 e. The summed E-state index contributed by atoms with van der Waals surface area (Å²) in [6, 6.07) is 0.846. The quantitative estimate of drug-likeness (QED) is 0.838.